The number of aliphatic carboxylic acids is 1. The van der Waals surface area contributed by atoms with Crippen LogP contribution in [0.25, 0.3) is 0 Å². The van der Waals surface area contributed by atoms with Crippen molar-refractivity contribution in [2.45, 2.75) is 31.1 Å². The minimum Gasteiger partial charge on any atom is -0.550 e. The van der Waals surface area contributed by atoms with Gasteiger partial charge in [-0.15, -0.1) is 18.2 Å². The fraction of sp³-hybridized carbons (Fsp3) is 0.625. The number of unbranched alkanes of at least 4 members (excludes halogenated alkanes) is 1. The second-order valence-electron chi connectivity index (χ2n) is 2.39. The topological polar surface area (TPSA) is 40.1 Å². The number of carbonyl (C=O) groups is 1. The number of hydrogen-bond acceptors (Lipinski definition) is 2. The van der Waals surface area contributed by atoms with Gasteiger partial charge in [-0.1, -0.05) is 6.08 Å². The van der Waals surface area contributed by atoms with Crippen LogP contribution in [0.1, 0.15) is 25.7 Å². The summed E-state index contributed by atoms with van der Waals surface area (Å²) in [6.45, 7) is 3.55. The largest absolute Gasteiger partial charge is 1.00 e. The zero-order valence-corrected chi connectivity index (χ0v) is 11.3. The molecule has 0 aliphatic rings. The van der Waals surface area contributed by atoms with Gasteiger partial charge in [-0.2, -0.15) is 0 Å². The van der Waals surface area contributed by atoms with Crippen molar-refractivity contribution in [3.05, 3.63) is 12.7 Å². The van der Waals surface area contributed by atoms with Crippen LogP contribution in [-0.2, 0) is 4.79 Å². The summed E-state index contributed by atoms with van der Waals surface area (Å²) >= 11 is 5.66. The first-order valence-corrected chi connectivity index (χ1v) is 4.05. The standard InChI is InChI=1S/C8H13ClO2.K/c1-2-3-4-5-7(9)6-8(10)11;/h2,7H,1,3-6H2,(H,10,11);/q;+1/p-1. The number of carboxylic acid groups (broad SMARTS) is 1. The average molecular weight is 215 g/mol. The molecule has 0 aliphatic carbocycles. The van der Waals surface area contributed by atoms with Crippen molar-refractivity contribution in [2.75, 3.05) is 0 Å². The number of carbonyl (C=O) groups excluding carboxylic acids is 1. The first kappa shape index (κ1) is 15.6. The van der Waals surface area contributed by atoms with E-state index in [4.69, 9.17) is 11.6 Å². The molecule has 0 aliphatic heterocycles. The molecule has 0 aromatic carbocycles. The molecule has 0 spiro atoms. The van der Waals surface area contributed by atoms with Gasteiger partial charge in [0, 0.05) is 17.8 Å². The van der Waals surface area contributed by atoms with E-state index in [0.29, 0.717) is 6.42 Å². The van der Waals surface area contributed by atoms with Gasteiger partial charge in [0.1, 0.15) is 0 Å². The van der Waals surface area contributed by atoms with Crippen LogP contribution in [-0.4, -0.2) is 11.3 Å². The number of hydrogen-bond donors (Lipinski definition) is 0. The number of halogens is 1. The van der Waals surface area contributed by atoms with Gasteiger partial charge in [-0.3, -0.25) is 0 Å². The van der Waals surface area contributed by atoms with Gasteiger partial charge in [-0.05, 0) is 19.3 Å². The third kappa shape index (κ3) is 11.1. The van der Waals surface area contributed by atoms with Crippen molar-refractivity contribution in [3.63, 3.8) is 0 Å². The maximum Gasteiger partial charge on any atom is 1.00 e. The van der Waals surface area contributed by atoms with E-state index in [-0.39, 0.29) is 63.2 Å². The summed E-state index contributed by atoms with van der Waals surface area (Å²) in [7, 11) is 0. The van der Waals surface area contributed by atoms with Gasteiger partial charge >= 0.3 is 51.4 Å². The molecule has 0 N–H and O–H groups in total. The second kappa shape index (κ2) is 10.2. The Hall–Kier alpha value is 1.14. The van der Waals surface area contributed by atoms with Crippen LogP contribution >= 0.6 is 11.6 Å². The normalized spacial score (nSPS) is 11.4. The van der Waals surface area contributed by atoms with E-state index >= 15 is 0 Å². The third-order valence-electron chi connectivity index (χ3n) is 1.31. The van der Waals surface area contributed by atoms with E-state index in [1.807, 2.05) is 0 Å². The predicted octanol–water partition coefficient (Wildman–Crippen LogP) is -1.91. The van der Waals surface area contributed by atoms with Crippen molar-refractivity contribution >= 4 is 17.6 Å². The Balaban J connectivity index is 0. The molecule has 0 rings (SSSR count). The number of allylic oxidation sites excluding steroid dienone is 1. The van der Waals surface area contributed by atoms with Crippen LogP contribution in [0.3, 0.4) is 0 Å². The molecule has 0 amide bonds. The van der Waals surface area contributed by atoms with Crippen molar-refractivity contribution in [1.29, 1.82) is 0 Å². The summed E-state index contributed by atoms with van der Waals surface area (Å²) in [4.78, 5) is 10.0. The van der Waals surface area contributed by atoms with Crippen molar-refractivity contribution in [1.82, 2.24) is 0 Å². The van der Waals surface area contributed by atoms with E-state index in [9.17, 15) is 9.90 Å². The zero-order valence-electron chi connectivity index (χ0n) is 7.38. The number of alkyl halides is 1. The molecular weight excluding hydrogens is 203 g/mol. The van der Waals surface area contributed by atoms with Gasteiger partial charge in [-0.25, -0.2) is 0 Å². The van der Waals surface area contributed by atoms with E-state index < -0.39 is 5.97 Å². The van der Waals surface area contributed by atoms with Gasteiger partial charge in [0.05, 0.1) is 0 Å². The first-order valence-electron chi connectivity index (χ1n) is 3.61. The van der Waals surface area contributed by atoms with Crippen LogP contribution in [0.4, 0.5) is 0 Å². The Morgan fingerprint density at radius 3 is 2.67 bits per heavy atom. The van der Waals surface area contributed by atoms with Gasteiger partial charge in [0.15, 0.2) is 0 Å². The monoisotopic (exact) mass is 214 g/mol. The summed E-state index contributed by atoms with van der Waals surface area (Å²) in [5.41, 5.74) is 0. The maximum absolute atomic E-state index is 10.0. The molecule has 0 saturated heterocycles. The Morgan fingerprint density at radius 1 is 1.67 bits per heavy atom. The molecular formula is C8H12ClKO2. The van der Waals surface area contributed by atoms with E-state index in [1.165, 1.54) is 0 Å². The second-order valence-corrected chi connectivity index (χ2v) is 3.01. The van der Waals surface area contributed by atoms with Crippen molar-refractivity contribution in [2.24, 2.45) is 0 Å². The molecule has 1 unspecified atom stereocenters. The molecule has 0 saturated carbocycles. The first-order chi connectivity index (χ1) is 5.16. The smallest absolute Gasteiger partial charge is 0.550 e. The Bertz CT molecular complexity index is 139. The molecule has 64 valence electrons. The van der Waals surface area contributed by atoms with Crippen LogP contribution in [0.15, 0.2) is 12.7 Å². The summed E-state index contributed by atoms with van der Waals surface area (Å²) in [6.07, 6.45) is 4.23. The number of rotatable bonds is 6. The average Bonchev–Trinajstić information content (AvgIpc) is 1.86. The molecule has 1 atom stereocenters. The summed E-state index contributed by atoms with van der Waals surface area (Å²) in [5.74, 6) is -1.08. The van der Waals surface area contributed by atoms with E-state index in [2.05, 4.69) is 6.58 Å². The van der Waals surface area contributed by atoms with E-state index in [1.54, 1.807) is 6.08 Å². The summed E-state index contributed by atoms with van der Waals surface area (Å²) in [6, 6.07) is 0. The Morgan fingerprint density at radius 2 is 2.25 bits per heavy atom. The van der Waals surface area contributed by atoms with Gasteiger partial charge in [0.25, 0.3) is 0 Å². The summed E-state index contributed by atoms with van der Waals surface area (Å²) < 4.78 is 0. The minimum absolute atomic E-state index is 0. The summed E-state index contributed by atoms with van der Waals surface area (Å²) in [5, 5.41) is 9.73. The molecule has 4 heteroatoms. The molecule has 2 nitrogen and oxygen atoms in total. The predicted molar refractivity (Wildman–Crippen MR) is 43.3 cm³/mol. The fourth-order valence-corrected chi connectivity index (χ4v) is 1.05. The minimum atomic E-state index is -1.08. The number of carboxylic acids is 1. The van der Waals surface area contributed by atoms with Crippen LogP contribution in [0, 0.1) is 0 Å². The van der Waals surface area contributed by atoms with Gasteiger partial charge < -0.3 is 9.90 Å². The molecule has 0 heterocycles. The third-order valence-corrected chi connectivity index (χ3v) is 1.69. The molecule has 0 radical (unpaired) electrons. The molecule has 0 bridgehead atoms. The molecule has 12 heavy (non-hydrogen) atoms. The van der Waals surface area contributed by atoms with Crippen LogP contribution in [0.2, 0.25) is 0 Å². The van der Waals surface area contributed by atoms with E-state index in [0.717, 1.165) is 12.8 Å². The van der Waals surface area contributed by atoms with Crippen molar-refractivity contribution in [3.8, 4) is 0 Å². The van der Waals surface area contributed by atoms with Crippen molar-refractivity contribution < 1.29 is 61.3 Å². The Labute approximate surface area is 121 Å². The fourth-order valence-electron chi connectivity index (χ4n) is 0.767. The SMILES string of the molecule is C=CCCCC(Cl)CC(=O)[O-].[K+]. The Kier molecular flexibility index (Phi) is 13.3. The maximum atomic E-state index is 10.0. The molecule has 0 aromatic rings. The zero-order chi connectivity index (χ0) is 8.69. The quantitative estimate of drug-likeness (QED) is 0.224. The van der Waals surface area contributed by atoms with Gasteiger partial charge in [0.2, 0.25) is 0 Å². The van der Waals surface area contributed by atoms with Crippen LogP contribution < -0.4 is 56.5 Å². The molecule has 0 fully saturated rings. The van der Waals surface area contributed by atoms with Crippen LogP contribution in [0.5, 0.6) is 0 Å². The molecule has 0 aromatic heterocycles.